The van der Waals surface area contributed by atoms with Gasteiger partial charge in [-0.05, 0) is 24.8 Å². The van der Waals surface area contributed by atoms with E-state index in [1.807, 2.05) is 0 Å². The third-order valence-corrected chi connectivity index (χ3v) is 3.19. The molecule has 0 saturated heterocycles. The van der Waals surface area contributed by atoms with Crippen LogP contribution < -0.4 is 10.9 Å². The van der Waals surface area contributed by atoms with Gasteiger partial charge in [-0.3, -0.25) is 9.59 Å². The molecule has 4 heteroatoms. The molecule has 0 aromatic carbocycles. The number of aromatic amines is 1. The molecule has 1 unspecified atom stereocenters. The molecule has 2 N–H and O–H groups in total. The van der Waals surface area contributed by atoms with Gasteiger partial charge in [0.2, 0.25) is 5.56 Å². The van der Waals surface area contributed by atoms with Crippen molar-refractivity contribution in [2.45, 2.75) is 38.6 Å². The lowest BCUT2D eigenvalue weighted by molar-refractivity contribution is 0.0932. The molecule has 0 spiro atoms. The average Bonchev–Trinajstić information content (AvgIpc) is 3.13. The van der Waals surface area contributed by atoms with Gasteiger partial charge in [-0.25, -0.2) is 0 Å². The van der Waals surface area contributed by atoms with Crippen LogP contribution in [-0.2, 0) is 0 Å². The summed E-state index contributed by atoms with van der Waals surface area (Å²) in [4.78, 5) is 25.3. The highest BCUT2D eigenvalue weighted by Crippen LogP contribution is 2.34. The van der Waals surface area contributed by atoms with E-state index in [1.54, 1.807) is 6.07 Å². The summed E-state index contributed by atoms with van der Waals surface area (Å²) in [6.07, 6.45) is 6.08. The maximum Gasteiger partial charge on any atom is 0.252 e. The van der Waals surface area contributed by atoms with Gasteiger partial charge in [-0.15, -0.1) is 0 Å². The molecule has 1 aromatic rings. The number of hydrogen-bond donors (Lipinski definition) is 2. The second-order valence-corrected chi connectivity index (χ2v) is 4.70. The first kappa shape index (κ1) is 11.9. The van der Waals surface area contributed by atoms with Crippen molar-refractivity contribution in [1.29, 1.82) is 0 Å². The summed E-state index contributed by atoms with van der Waals surface area (Å²) < 4.78 is 0. The molecule has 1 heterocycles. The summed E-state index contributed by atoms with van der Waals surface area (Å²) in [5.74, 6) is 0.699. The minimum Gasteiger partial charge on any atom is -0.349 e. The minimum absolute atomic E-state index is 0.103. The molecule has 1 fully saturated rings. The Kier molecular flexibility index (Phi) is 3.61. The van der Waals surface area contributed by atoms with Crippen molar-refractivity contribution < 1.29 is 4.79 Å². The van der Waals surface area contributed by atoms with Gasteiger partial charge in [0.05, 0.1) is 5.56 Å². The van der Waals surface area contributed by atoms with E-state index in [4.69, 9.17) is 0 Å². The third kappa shape index (κ3) is 3.44. The van der Waals surface area contributed by atoms with Gasteiger partial charge in [-0.1, -0.05) is 19.8 Å². The van der Waals surface area contributed by atoms with Crippen LogP contribution >= 0.6 is 0 Å². The molecule has 1 aromatic heterocycles. The number of hydrogen-bond acceptors (Lipinski definition) is 2. The second kappa shape index (κ2) is 5.17. The molecule has 1 aliphatic rings. The molecular formula is C13H18N2O2. The summed E-state index contributed by atoms with van der Waals surface area (Å²) in [5, 5.41) is 3.01. The van der Waals surface area contributed by atoms with E-state index in [9.17, 15) is 9.59 Å². The molecule has 1 saturated carbocycles. The van der Waals surface area contributed by atoms with Crippen molar-refractivity contribution in [1.82, 2.24) is 10.3 Å². The number of rotatable bonds is 5. The zero-order valence-corrected chi connectivity index (χ0v) is 10.0. The van der Waals surface area contributed by atoms with Gasteiger partial charge in [0.15, 0.2) is 0 Å². The zero-order valence-electron chi connectivity index (χ0n) is 10.0. The summed E-state index contributed by atoms with van der Waals surface area (Å²) in [5.41, 5.74) is 0.324. The molecule has 2 rings (SSSR count). The highest BCUT2D eigenvalue weighted by Gasteiger charge is 2.25. The number of pyridine rings is 1. The lowest BCUT2D eigenvalue weighted by atomic mass is 10.1. The molecule has 1 amide bonds. The Labute approximate surface area is 100 Å². The van der Waals surface area contributed by atoms with Crippen LogP contribution in [0, 0.1) is 5.92 Å². The minimum atomic E-state index is -0.188. The van der Waals surface area contributed by atoms with E-state index >= 15 is 0 Å². The smallest absolute Gasteiger partial charge is 0.252 e. The maximum absolute atomic E-state index is 11.9. The fourth-order valence-electron chi connectivity index (χ4n) is 1.90. The Balaban J connectivity index is 1.94. The molecule has 17 heavy (non-hydrogen) atoms. The monoisotopic (exact) mass is 234 g/mol. The predicted molar refractivity (Wildman–Crippen MR) is 65.9 cm³/mol. The van der Waals surface area contributed by atoms with Crippen molar-refractivity contribution >= 4 is 5.91 Å². The van der Waals surface area contributed by atoms with Crippen LogP contribution in [0.3, 0.4) is 0 Å². The number of aromatic nitrogens is 1. The highest BCUT2D eigenvalue weighted by atomic mass is 16.2. The standard InChI is InChI=1S/C13H18N2O2/c1-2-11(7-9-3-4-9)15-13(17)10-5-6-12(16)14-8-10/h5-6,8-9,11H,2-4,7H2,1H3,(H,14,16)(H,15,17). The Hall–Kier alpha value is -1.58. The molecule has 1 atom stereocenters. The van der Waals surface area contributed by atoms with E-state index in [0.717, 1.165) is 18.8 Å². The molecule has 0 aliphatic heterocycles. The first-order valence-corrected chi connectivity index (χ1v) is 6.18. The number of carbonyl (C=O) groups is 1. The van der Waals surface area contributed by atoms with Crippen LogP contribution in [0.4, 0.5) is 0 Å². The van der Waals surface area contributed by atoms with E-state index in [0.29, 0.717) is 5.56 Å². The largest absolute Gasteiger partial charge is 0.349 e. The number of nitrogens with one attached hydrogen (secondary N) is 2. The quantitative estimate of drug-likeness (QED) is 0.814. The molecule has 0 bridgehead atoms. The number of amides is 1. The Morgan fingerprint density at radius 1 is 1.53 bits per heavy atom. The van der Waals surface area contributed by atoms with Gasteiger partial charge in [0.1, 0.15) is 0 Å². The molecule has 1 aliphatic carbocycles. The second-order valence-electron chi connectivity index (χ2n) is 4.70. The first-order valence-electron chi connectivity index (χ1n) is 6.18. The van der Waals surface area contributed by atoms with E-state index in [-0.39, 0.29) is 17.5 Å². The van der Waals surface area contributed by atoms with Crippen molar-refractivity contribution in [2.24, 2.45) is 5.92 Å². The van der Waals surface area contributed by atoms with Crippen molar-refractivity contribution in [3.8, 4) is 0 Å². The molecule has 0 radical (unpaired) electrons. The predicted octanol–water partition coefficient (Wildman–Crippen LogP) is 1.68. The normalized spacial score (nSPS) is 16.5. The summed E-state index contributed by atoms with van der Waals surface area (Å²) in [6.45, 7) is 2.08. The zero-order chi connectivity index (χ0) is 12.3. The summed E-state index contributed by atoms with van der Waals surface area (Å²) in [6, 6.07) is 3.18. The van der Waals surface area contributed by atoms with Crippen LogP contribution in [0.1, 0.15) is 43.0 Å². The Morgan fingerprint density at radius 2 is 2.29 bits per heavy atom. The van der Waals surface area contributed by atoms with Crippen LogP contribution in [0.25, 0.3) is 0 Å². The summed E-state index contributed by atoms with van der Waals surface area (Å²) >= 11 is 0. The Bertz CT molecular complexity index is 428. The lowest BCUT2D eigenvalue weighted by Gasteiger charge is -2.16. The Morgan fingerprint density at radius 3 is 2.82 bits per heavy atom. The topological polar surface area (TPSA) is 62.0 Å². The maximum atomic E-state index is 11.9. The molecule has 92 valence electrons. The van der Waals surface area contributed by atoms with E-state index in [1.165, 1.54) is 25.1 Å². The average molecular weight is 234 g/mol. The fourth-order valence-corrected chi connectivity index (χ4v) is 1.90. The van der Waals surface area contributed by atoms with Gasteiger partial charge in [-0.2, -0.15) is 0 Å². The number of carbonyl (C=O) groups excluding carboxylic acids is 1. The lowest BCUT2D eigenvalue weighted by Crippen LogP contribution is -2.35. The van der Waals surface area contributed by atoms with Gasteiger partial charge in [0.25, 0.3) is 5.91 Å². The van der Waals surface area contributed by atoms with Gasteiger partial charge < -0.3 is 10.3 Å². The van der Waals surface area contributed by atoms with Crippen molar-refractivity contribution in [3.05, 3.63) is 34.2 Å². The van der Waals surface area contributed by atoms with Crippen LogP contribution in [0.5, 0.6) is 0 Å². The molecule has 4 nitrogen and oxygen atoms in total. The first-order chi connectivity index (χ1) is 8.19. The van der Waals surface area contributed by atoms with Crippen molar-refractivity contribution in [3.63, 3.8) is 0 Å². The third-order valence-electron chi connectivity index (χ3n) is 3.19. The highest BCUT2D eigenvalue weighted by molar-refractivity contribution is 5.93. The number of H-pyrrole nitrogens is 1. The van der Waals surface area contributed by atoms with E-state index < -0.39 is 0 Å². The molecular weight excluding hydrogens is 216 g/mol. The van der Waals surface area contributed by atoms with Crippen LogP contribution in [-0.4, -0.2) is 16.9 Å². The SMILES string of the molecule is CCC(CC1CC1)NC(=O)c1ccc(=O)[nH]c1. The van der Waals surface area contributed by atoms with Crippen LogP contribution in [0.15, 0.2) is 23.1 Å². The van der Waals surface area contributed by atoms with E-state index in [2.05, 4.69) is 17.2 Å². The van der Waals surface area contributed by atoms with Crippen molar-refractivity contribution in [2.75, 3.05) is 0 Å². The van der Waals surface area contributed by atoms with Crippen LogP contribution in [0.2, 0.25) is 0 Å². The van der Waals surface area contributed by atoms with Gasteiger partial charge in [0, 0.05) is 18.3 Å². The fraction of sp³-hybridized carbons (Fsp3) is 0.538. The van der Waals surface area contributed by atoms with Gasteiger partial charge >= 0.3 is 0 Å². The summed E-state index contributed by atoms with van der Waals surface area (Å²) in [7, 11) is 0.